The highest BCUT2D eigenvalue weighted by Crippen LogP contribution is 2.26. The predicted molar refractivity (Wildman–Crippen MR) is 186 cm³/mol. The van der Waals surface area contributed by atoms with E-state index in [2.05, 4.69) is 0 Å². The van der Waals surface area contributed by atoms with Gasteiger partial charge < -0.3 is 38.7 Å². The molecule has 3 aliphatic heterocycles. The minimum atomic E-state index is -0.587. The highest BCUT2D eigenvalue weighted by Gasteiger charge is 2.32. The lowest BCUT2D eigenvalue weighted by atomic mass is 10.1. The van der Waals surface area contributed by atoms with Gasteiger partial charge in [0.05, 0.1) is 6.54 Å². The standard InChI is InChI=1S/C37H50FN5O7/c1-25-20-26(8-9-31(25)48-30-10-11-43(24-30)35(47)50-37(5,6)7)32(44)40-14-16-41(17-15-40)33(45)27-21-28(38)23-29(22-27)39-12-18-42(19-13-39)34(46)49-36(2,3)4/h8-9,20-23,30H,10-19,24H2,1-7H3/t30-/m0/s1. The summed E-state index contributed by atoms with van der Waals surface area (Å²) in [6.45, 7) is 17.0. The van der Waals surface area contributed by atoms with Gasteiger partial charge in [-0.25, -0.2) is 14.0 Å². The number of benzene rings is 2. The summed E-state index contributed by atoms with van der Waals surface area (Å²) in [6.07, 6.45) is -0.209. The summed E-state index contributed by atoms with van der Waals surface area (Å²) in [7, 11) is 0. The van der Waals surface area contributed by atoms with Crippen LogP contribution >= 0.6 is 0 Å². The zero-order valence-electron chi connectivity index (χ0n) is 30.3. The van der Waals surface area contributed by atoms with Gasteiger partial charge in [0.15, 0.2) is 0 Å². The molecule has 0 aromatic heterocycles. The number of piperazine rings is 2. The van der Waals surface area contributed by atoms with Crippen LogP contribution in [-0.4, -0.2) is 126 Å². The summed E-state index contributed by atoms with van der Waals surface area (Å²) in [6, 6.07) is 9.67. The molecule has 2 aromatic carbocycles. The molecule has 0 radical (unpaired) electrons. The minimum Gasteiger partial charge on any atom is -0.488 e. The molecule has 5 rings (SSSR count). The summed E-state index contributed by atoms with van der Waals surface area (Å²) < 4.78 is 31.9. The molecule has 0 N–H and O–H groups in total. The maximum Gasteiger partial charge on any atom is 0.410 e. The van der Waals surface area contributed by atoms with E-state index in [0.29, 0.717) is 88.9 Å². The molecule has 0 spiro atoms. The number of nitrogens with zero attached hydrogens (tertiary/aromatic N) is 5. The average Bonchev–Trinajstić information content (AvgIpc) is 3.52. The first-order chi connectivity index (χ1) is 23.5. The fourth-order valence-corrected chi connectivity index (χ4v) is 6.24. The number of hydrogen-bond acceptors (Lipinski definition) is 8. The first-order valence-electron chi connectivity index (χ1n) is 17.3. The van der Waals surface area contributed by atoms with E-state index < -0.39 is 17.0 Å². The Hall–Kier alpha value is -4.55. The molecule has 0 saturated carbocycles. The second kappa shape index (κ2) is 14.7. The molecule has 4 amide bonds. The molecular formula is C37H50FN5O7. The van der Waals surface area contributed by atoms with Crippen molar-refractivity contribution in [3.63, 3.8) is 0 Å². The Morgan fingerprint density at radius 2 is 1.20 bits per heavy atom. The van der Waals surface area contributed by atoms with Gasteiger partial charge in [-0.3, -0.25) is 9.59 Å². The third-order valence-electron chi connectivity index (χ3n) is 8.79. The number of anilines is 1. The van der Waals surface area contributed by atoms with Crippen LogP contribution in [0.1, 0.15) is 74.2 Å². The van der Waals surface area contributed by atoms with Gasteiger partial charge in [-0.2, -0.15) is 0 Å². The van der Waals surface area contributed by atoms with Crippen LogP contribution in [0.25, 0.3) is 0 Å². The molecule has 0 unspecified atom stereocenters. The Morgan fingerprint density at radius 3 is 1.76 bits per heavy atom. The van der Waals surface area contributed by atoms with Crippen molar-refractivity contribution in [2.75, 3.05) is 70.3 Å². The van der Waals surface area contributed by atoms with Crippen LogP contribution in [0.4, 0.5) is 19.7 Å². The Kier molecular flexibility index (Phi) is 10.8. The van der Waals surface area contributed by atoms with Gasteiger partial charge in [-0.05, 0) is 90.4 Å². The Labute approximate surface area is 294 Å². The Balaban J connectivity index is 1.12. The Bertz CT molecular complexity index is 1590. The number of carbonyl (C=O) groups excluding carboxylic acids is 4. The van der Waals surface area contributed by atoms with Crippen molar-refractivity contribution in [1.29, 1.82) is 0 Å². The van der Waals surface area contributed by atoms with Gasteiger partial charge in [0, 0.05) is 82.1 Å². The van der Waals surface area contributed by atoms with Crippen LogP contribution in [0.2, 0.25) is 0 Å². The van der Waals surface area contributed by atoms with E-state index in [4.69, 9.17) is 14.2 Å². The molecule has 3 aliphatic rings. The molecule has 272 valence electrons. The number of ether oxygens (including phenoxy) is 3. The van der Waals surface area contributed by atoms with Crippen LogP contribution in [0, 0.1) is 12.7 Å². The predicted octanol–water partition coefficient (Wildman–Crippen LogP) is 5.18. The molecule has 1 atom stereocenters. The number of carbonyl (C=O) groups is 4. The largest absolute Gasteiger partial charge is 0.488 e. The van der Waals surface area contributed by atoms with Crippen molar-refractivity contribution in [2.24, 2.45) is 0 Å². The Morgan fingerprint density at radius 1 is 0.660 bits per heavy atom. The molecule has 0 aliphatic carbocycles. The van der Waals surface area contributed by atoms with Gasteiger partial charge in [0.25, 0.3) is 11.8 Å². The van der Waals surface area contributed by atoms with E-state index >= 15 is 0 Å². The normalized spacial score (nSPS) is 18.6. The zero-order chi connectivity index (χ0) is 36.4. The molecule has 50 heavy (non-hydrogen) atoms. The SMILES string of the molecule is Cc1cc(C(=O)N2CCN(C(=O)c3cc(F)cc(N4CCN(C(=O)OC(C)(C)C)CC4)c3)CC2)ccc1O[C@H]1CCN(C(=O)OC(C)(C)C)C1. The quantitative estimate of drug-likeness (QED) is 0.421. The maximum absolute atomic E-state index is 14.8. The summed E-state index contributed by atoms with van der Waals surface area (Å²) in [5, 5.41) is 0. The topological polar surface area (TPSA) is 112 Å². The van der Waals surface area contributed by atoms with Crippen molar-refractivity contribution < 1.29 is 37.8 Å². The van der Waals surface area contributed by atoms with Gasteiger partial charge in [-0.15, -0.1) is 0 Å². The van der Waals surface area contributed by atoms with Crippen molar-refractivity contribution in [3.05, 3.63) is 58.9 Å². The van der Waals surface area contributed by atoms with Crippen molar-refractivity contribution >= 4 is 29.7 Å². The number of likely N-dealkylation sites (tertiary alicyclic amines) is 1. The average molecular weight is 696 g/mol. The summed E-state index contributed by atoms with van der Waals surface area (Å²) in [5.74, 6) is -0.278. The van der Waals surface area contributed by atoms with Crippen LogP contribution in [-0.2, 0) is 9.47 Å². The third-order valence-corrected chi connectivity index (χ3v) is 8.79. The number of hydrogen-bond donors (Lipinski definition) is 0. The lowest BCUT2D eigenvalue weighted by molar-refractivity contribution is 0.0238. The molecule has 0 bridgehead atoms. The highest BCUT2D eigenvalue weighted by atomic mass is 19.1. The van der Waals surface area contributed by atoms with E-state index in [9.17, 15) is 23.6 Å². The van der Waals surface area contributed by atoms with Gasteiger partial charge in [-0.1, -0.05) is 0 Å². The molecule has 12 nitrogen and oxygen atoms in total. The van der Waals surface area contributed by atoms with E-state index in [1.165, 1.54) is 12.1 Å². The highest BCUT2D eigenvalue weighted by molar-refractivity contribution is 5.96. The van der Waals surface area contributed by atoms with E-state index in [-0.39, 0.29) is 35.7 Å². The summed E-state index contributed by atoms with van der Waals surface area (Å²) >= 11 is 0. The monoisotopic (exact) mass is 695 g/mol. The summed E-state index contributed by atoms with van der Waals surface area (Å²) in [5.41, 5.74) is 1.02. The third kappa shape index (κ3) is 9.36. The molecule has 2 aromatic rings. The summed E-state index contributed by atoms with van der Waals surface area (Å²) in [4.78, 5) is 60.4. The van der Waals surface area contributed by atoms with Crippen LogP contribution in [0.3, 0.4) is 0 Å². The maximum atomic E-state index is 14.8. The van der Waals surface area contributed by atoms with E-state index in [0.717, 1.165) is 5.56 Å². The van der Waals surface area contributed by atoms with Crippen molar-refractivity contribution in [2.45, 2.75) is 72.2 Å². The molecule has 3 heterocycles. The smallest absolute Gasteiger partial charge is 0.410 e. The number of amides is 4. The second-order valence-corrected chi connectivity index (χ2v) is 15.2. The van der Waals surface area contributed by atoms with E-state index in [1.807, 2.05) is 53.4 Å². The number of aryl methyl sites for hydroxylation is 1. The fourth-order valence-electron chi connectivity index (χ4n) is 6.24. The first kappa shape index (κ1) is 36.7. The zero-order valence-corrected chi connectivity index (χ0v) is 30.3. The van der Waals surface area contributed by atoms with Crippen LogP contribution in [0.5, 0.6) is 5.75 Å². The van der Waals surface area contributed by atoms with Gasteiger partial charge >= 0.3 is 12.2 Å². The van der Waals surface area contributed by atoms with Crippen molar-refractivity contribution in [1.82, 2.24) is 19.6 Å². The lowest BCUT2D eigenvalue weighted by Crippen LogP contribution is -2.51. The number of rotatable bonds is 5. The van der Waals surface area contributed by atoms with Crippen molar-refractivity contribution in [3.8, 4) is 5.75 Å². The molecular weight excluding hydrogens is 645 g/mol. The molecule has 13 heteroatoms. The van der Waals surface area contributed by atoms with Crippen LogP contribution < -0.4 is 9.64 Å². The molecule has 3 saturated heterocycles. The fraction of sp³-hybridized carbons (Fsp3) is 0.568. The number of halogens is 1. The second-order valence-electron chi connectivity index (χ2n) is 15.2. The van der Waals surface area contributed by atoms with Crippen LogP contribution in [0.15, 0.2) is 36.4 Å². The minimum absolute atomic E-state index is 0.137. The molecule has 3 fully saturated rings. The lowest BCUT2D eigenvalue weighted by Gasteiger charge is -2.37. The first-order valence-corrected chi connectivity index (χ1v) is 17.3. The van der Waals surface area contributed by atoms with Gasteiger partial charge in [0.2, 0.25) is 0 Å². The van der Waals surface area contributed by atoms with E-state index in [1.54, 1.807) is 43.9 Å². The van der Waals surface area contributed by atoms with Gasteiger partial charge in [0.1, 0.15) is 28.9 Å².